The summed E-state index contributed by atoms with van der Waals surface area (Å²) in [6.45, 7) is 3.35. The molecule has 2 aliphatic rings. The number of methoxy groups -OCH3 is 1. The summed E-state index contributed by atoms with van der Waals surface area (Å²) >= 11 is 0. The van der Waals surface area contributed by atoms with Crippen molar-refractivity contribution in [3.8, 4) is 5.75 Å². The largest absolute Gasteiger partial charge is 0.496 e. The number of nitrogens with one attached hydrogen (secondary N) is 1. The van der Waals surface area contributed by atoms with Crippen LogP contribution in [0.2, 0.25) is 0 Å². The maximum absolute atomic E-state index is 13.9. The summed E-state index contributed by atoms with van der Waals surface area (Å²) in [4.78, 5) is 5.90. The van der Waals surface area contributed by atoms with Gasteiger partial charge in [-0.2, -0.15) is 0 Å². The van der Waals surface area contributed by atoms with E-state index in [0.29, 0.717) is 19.5 Å². The molecule has 0 radical (unpaired) electrons. The zero-order valence-corrected chi connectivity index (χ0v) is 20.5. The van der Waals surface area contributed by atoms with Crippen LogP contribution in [0.15, 0.2) is 47.5 Å². The van der Waals surface area contributed by atoms with Crippen LogP contribution in [-0.2, 0) is 16.4 Å². The third kappa shape index (κ3) is 4.11. The van der Waals surface area contributed by atoms with Crippen molar-refractivity contribution >= 4 is 20.7 Å². The molecule has 1 saturated carbocycles. The van der Waals surface area contributed by atoms with Gasteiger partial charge in [0.05, 0.1) is 12.0 Å². The number of aromatic nitrogens is 1. The van der Waals surface area contributed by atoms with Crippen LogP contribution >= 0.6 is 0 Å². The van der Waals surface area contributed by atoms with Crippen LogP contribution in [0.5, 0.6) is 5.75 Å². The van der Waals surface area contributed by atoms with Gasteiger partial charge in [-0.3, -0.25) is 4.90 Å². The molecule has 1 atom stereocenters. The van der Waals surface area contributed by atoms with Gasteiger partial charge in [0.25, 0.3) is 0 Å². The molecule has 34 heavy (non-hydrogen) atoms. The summed E-state index contributed by atoms with van der Waals surface area (Å²) in [7, 11) is -1.64. The van der Waals surface area contributed by atoms with Gasteiger partial charge < -0.3 is 9.72 Å². The molecule has 182 valence electrons. The second kappa shape index (κ2) is 8.05. The average Bonchev–Trinajstić information content (AvgIpc) is 3.25. The molecular formula is C26H30F2N2O3S. The van der Waals surface area contributed by atoms with E-state index in [1.165, 1.54) is 6.26 Å². The van der Waals surface area contributed by atoms with E-state index >= 15 is 0 Å². The van der Waals surface area contributed by atoms with Crippen molar-refractivity contribution < 1.29 is 21.9 Å². The maximum Gasteiger partial charge on any atom is 0.249 e. The number of likely N-dealkylation sites (tertiary alicyclic amines) is 1. The Hall–Kier alpha value is -2.45. The van der Waals surface area contributed by atoms with Crippen LogP contribution in [0.25, 0.3) is 10.9 Å². The number of hydrogen-bond donors (Lipinski definition) is 1. The maximum atomic E-state index is 13.9. The van der Waals surface area contributed by atoms with Crippen LogP contribution in [0.1, 0.15) is 48.4 Å². The van der Waals surface area contributed by atoms with Crippen molar-refractivity contribution in [2.75, 3.05) is 19.9 Å². The number of piperidine rings is 1. The van der Waals surface area contributed by atoms with E-state index in [4.69, 9.17) is 4.74 Å². The first-order valence-corrected chi connectivity index (χ1v) is 13.4. The number of ether oxygens (including phenoxy) is 1. The monoisotopic (exact) mass is 488 g/mol. The van der Waals surface area contributed by atoms with Gasteiger partial charge in [-0.05, 0) is 67.1 Å². The highest BCUT2D eigenvalue weighted by Gasteiger charge is 2.58. The van der Waals surface area contributed by atoms with Gasteiger partial charge in [0.1, 0.15) is 5.75 Å². The number of nitrogens with zero attached hydrogens (tertiary/aromatic N) is 1. The van der Waals surface area contributed by atoms with Crippen molar-refractivity contribution in [3.63, 3.8) is 0 Å². The lowest BCUT2D eigenvalue weighted by molar-refractivity contribution is -0.186. The van der Waals surface area contributed by atoms with E-state index in [9.17, 15) is 17.2 Å². The standard InChI is InChI=1S/C26H30F2N2O3S/c1-17-12-23(33-2)21(20-8-10-29-24(17)20)14-30-11-9-25(15-26(27,28)16-25)13-22(30)18-4-6-19(7-5-18)34(3,31)32/h4-8,10,12,22,29H,9,11,13-16H2,1-3H3. The zero-order valence-electron chi connectivity index (χ0n) is 19.7. The Labute approximate surface area is 199 Å². The molecule has 1 aliphatic heterocycles. The lowest BCUT2D eigenvalue weighted by atomic mass is 9.59. The Morgan fingerprint density at radius 1 is 1.18 bits per heavy atom. The Kier molecular flexibility index (Phi) is 5.52. The summed E-state index contributed by atoms with van der Waals surface area (Å²) in [5, 5.41) is 1.10. The van der Waals surface area contributed by atoms with Gasteiger partial charge in [0.15, 0.2) is 9.84 Å². The number of hydrogen-bond acceptors (Lipinski definition) is 4. The molecule has 5 nitrogen and oxygen atoms in total. The molecule has 2 aromatic carbocycles. The SMILES string of the molecule is COc1cc(C)c2[nH]ccc2c1CN1CCC2(CC1c1ccc(S(C)(=O)=O)cc1)CC(F)(F)C2. The van der Waals surface area contributed by atoms with Crippen LogP contribution in [0.3, 0.4) is 0 Å². The molecule has 1 saturated heterocycles. The third-order valence-corrected chi connectivity index (χ3v) is 8.78. The zero-order chi connectivity index (χ0) is 24.3. The molecule has 3 aromatic rings. The van der Waals surface area contributed by atoms with Crippen molar-refractivity contribution in [1.82, 2.24) is 9.88 Å². The molecule has 2 heterocycles. The Morgan fingerprint density at radius 2 is 1.88 bits per heavy atom. The lowest BCUT2D eigenvalue weighted by Crippen LogP contribution is -2.53. The van der Waals surface area contributed by atoms with Crippen molar-refractivity contribution in [2.45, 2.75) is 56.0 Å². The first kappa shape index (κ1) is 23.3. The molecule has 1 unspecified atom stereocenters. The molecule has 1 N–H and O–H groups in total. The van der Waals surface area contributed by atoms with Crippen molar-refractivity contribution in [1.29, 1.82) is 0 Å². The van der Waals surface area contributed by atoms with Gasteiger partial charge in [0.2, 0.25) is 5.92 Å². The molecule has 0 amide bonds. The first-order chi connectivity index (χ1) is 16.0. The van der Waals surface area contributed by atoms with Crippen LogP contribution in [0.4, 0.5) is 8.78 Å². The fraction of sp³-hybridized carbons (Fsp3) is 0.462. The number of alkyl halides is 2. The Balaban J connectivity index is 1.51. The number of fused-ring (bicyclic) bond motifs is 1. The average molecular weight is 489 g/mol. The van der Waals surface area contributed by atoms with E-state index < -0.39 is 15.8 Å². The fourth-order valence-electron chi connectivity index (χ4n) is 5.98. The molecule has 8 heteroatoms. The number of aryl methyl sites for hydroxylation is 1. The first-order valence-electron chi connectivity index (χ1n) is 11.6. The van der Waals surface area contributed by atoms with Gasteiger partial charge in [0, 0.05) is 54.3 Å². The summed E-state index contributed by atoms with van der Waals surface area (Å²) in [5.74, 6) is -1.77. The van der Waals surface area contributed by atoms with Crippen LogP contribution in [-0.4, -0.2) is 44.1 Å². The third-order valence-electron chi connectivity index (χ3n) is 7.65. The highest BCUT2D eigenvalue weighted by molar-refractivity contribution is 7.90. The highest BCUT2D eigenvalue weighted by atomic mass is 32.2. The molecule has 1 spiro atoms. The van der Waals surface area contributed by atoms with E-state index in [1.54, 1.807) is 19.2 Å². The minimum absolute atomic E-state index is 0.0678. The summed E-state index contributed by atoms with van der Waals surface area (Å²) in [5.41, 5.74) is 3.83. The second-order valence-corrected chi connectivity index (χ2v) is 12.1. The number of aromatic amines is 1. The number of halogens is 2. The predicted octanol–water partition coefficient (Wildman–Crippen LogP) is 5.64. The number of rotatable bonds is 5. The van der Waals surface area contributed by atoms with E-state index in [1.807, 2.05) is 37.4 Å². The summed E-state index contributed by atoms with van der Waals surface area (Å²) < 4.78 is 57.4. The van der Waals surface area contributed by atoms with Gasteiger partial charge in [-0.1, -0.05) is 12.1 Å². The molecular weight excluding hydrogens is 458 g/mol. The second-order valence-electron chi connectivity index (χ2n) is 10.1. The topological polar surface area (TPSA) is 62.4 Å². The minimum Gasteiger partial charge on any atom is -0.496 e. The van der Waals surface area contributed by atoms with E-state index in [-0.39, 0.29) is 29.2 Å². The number of H-pyrrole nitrogens is 1. The van der Waals surface area contributed by atoms with E-state index in [0.717, 1.165) is 39.8 Å². The van der Waals surface area contributed by atoms with Crippen molar-refractivity contribution in [2.24, 2.45) is 5.41 Å². The van der Waals surface area contributed by atoms with E-state index in [2.05, 4.69) is 9.88 Å². The molecule has 2 fully saturated rings. The van der Waals surface area contributed by atoms with Crippen LogP contribution in [0, 0.1) is 12.3 Å². The molecule has 1 aliphatic carbocycles. The number of benzene rings is 2. The smallest absolute Gasteiger partial charge is 0.249 e. The minimum atomic E-state index is -3.31. The molecule has 0 bridgehead atoms. The van der Waals surface area contributed by atoms with Gasteiger partial charge in [-0.25, -0.2) is 17.2 Å². The Morgan fingerprint density at radius 3 is 2.50 bits per heavy atom. The van der Waals surface area contributed by atoms with Gasteiger partial charge >= 0.3 is 0 Å². The molecule has 5 rings (SSSR count). The predicted molar refractivity (Wildman–Crippen MR) is 128 cm³/mol. The van der Waals surface area contributed by atoms with Crippen molar-refractivity contribution in [3.05, 3.63) is 59.3 Å². The quantitative estimate of drug-likeness (QED) is 0.505. The fourth-order valence-corrected chi connectivity index (χ4v) is 6.61. The van der Waals surface area contributed by atoms with Gasteiger partial charge in [-0.15, -0.1) is 0 Å². The summed E-state index contributed by atoms with van der Waals surface area (Å²) in [6, 6.07) is 10.9. The Bertz CT molecular complexity index is 1320. The summed E-state index contributed by atoms with van der Waals surface area (Å²) in [6.07, 6.45) is 4.33. The number of sulfone groups is 1. The normalized spacial score (nSPS) is 22.1. The van der Waals surface area contributed by atoms with Crippen LogP contribution < -0.4 is 4.74 Å². The lowest BCUT2D eigenvalue weighted by Gasteiger charge is -2.54. The highest BCUT2D eigenvalue weighted by Crippen LogP contribution is 2.60. The molecule has 1 aromatic heterocycles.